The van der Waals surface area contributed by atoms with E-state index in [1.807, 2.05) is 24.3 Å². The van der Waals surface area contributed by atoms with Gasteiger partial charge < -0.3 is 20.7 Å². The van der Waals surface area contributed by atoms with Gasteiger partial charge >= 0.3 is 11.8 Å². The molecule has 0 spiro atoms. The molecule has 3 rings (SSSR count). The summed E-state index contributed by atoms with van der Waals surface area (Å²) >= 11 is 0. The number of carbonyl (C=O) groups is 3. The molecule has 1 aromatic heterocycles. The van der Waals surface area contributed by atoms with E-state index in [-0.39, 0.29) is 23.2 Å². The van der Waals surface area contributed by atoms with Crippen LogP contribution in [0.15, 0.2) is 42.7 Å². The van der Waals surface area contributed by atoms with E-state index < -0.39 is 17.7 Å². The van der Waals surface area contributed by atoms with Gasteiger partial charge in [0, 0.05) is 12.7 Å². The van der Waals surface area contributed by atoms with Gasteiger partial charge in [0.1, 0.15) is 5.75 Å². The van der Waals surface area contributed by atoms with Gasteiger partial charge in [0.2, 0.25) is 5.91 Å². The molecule has 8 nitrogen and oxygen atoms in total. The summed E-state index contributed by atoms with van der Waals surface area (Å²) in [7, 11) is 1.59. The number of benzene rings is 1. The van der Waals surface area contributed by atoms with Crippen LogP contribution in [0.5, 0.6) is 5.75 Å². The average molecular weight is 396 g/mol. The Kier molecular flexibility index (Phi) is 6.11. The number of methoxy groups -OCH3 is 1. The molecule has 8 heteroatoms. The van der Waals surface area contributed by atoms with Crippen LogP contribution in [0.25, 0.3) is 0 Å². The number of piperidine rings is 1. The third-order valence-corrected chi connectivity index (χ3v) is 5.03. The number of carbonyl (C=O) groups excluding carboxylic acids is 3. The number of aromatic nitrogens is 1. The van der Waals surface area contributed by atoms with Crippen molar-refractivity contribution in [2.45, 2.75) is 25.8 Å². The van der Waals surface area contributed by atoms with Gasteiger partial charge in [-0.3, -0.25) is 19.4 Å². The normalized spacial score (nSPS) is 18.8. The van der Waals surface area contributed by atoms with E-state index in [0.29, 0.717) is 12.3 Å². The Labute approximate surface area is 169 Å². The fourth-order valence-electron chi connectivity index (χ4n) is 3.53. The third kappa shape index (κ3) is 4.71. The Balaban J connectivity index is 1.81. The zero-order valence-corrected chi connectivity index (χ0v) is 16.4. The Hall–Kier alpha value is -3.42. The molecular weight excluding hydrogens is 372 g/mol. The summed E-state index contributed by atoms with van der Waals surface area (Å²) in [5.41, 5.74) is 6.55. The van der Waals surface area contributed by atoms with Crippen molar-refractivity contribution in [1.82, 2.24) is 9.88 Å². The molecule has 2 aromatic rings. The zero-order chi connectivity index (χ0) is 21.0. The minimum Gasteiger partial charge on any atom is -0.497 e. The average Bonchev–Trinajstić information content (AvgIpc) is 2.73. The molecule has 1 saturated heterocycles. The number of ether oxygens (including phenoxy) is 1. The number of nitrogens with two attached hydrogens (primary N) is 1. The van der Waals surface area contributed by atoms with E-state index in [0.717, 1.165) is 18.4 Å². The van der Waals surface area contributed by atoms with E-state index >= 15 is 0 Å². The number of primary amides is 1. The number of likely N-dealkylation sites (tertiary alicyclic amines) is 1. The largest absolute Gasteiger partial charge is 0.497 e. The van der Waals surface area contributed by atoms with Gasteiger partial charge in [-0.25, -0.2) is 0 Å². The summed E-state index contributed by atoms with van der Waals surface area (Å²) < 4.78 is 5.29. The summed E-state index contributed by atoms with van der Waals surface area (Å²) in [4.78, 5) is 42.4. The van der Waals surface area contributed by atoms with Crippen molar-refractivity contribution in [1.29, 1.82) is 0 Å². The lowest BCUT2D eigenvalue weighted by Crippen LogP contribution is -2.46. The van der Waals surface area contributed by atoms with Crippen LogP contribution in [0.4, 0.5) is 5.69 Å². The monoisotopic (exact) mass is 396 g/mol. The summed E-state index contributed by atoms with van der Waals surface area (Å²) in [5.74, 6) is -1.09. The lowest BCUT2D eigenvalue weighted by atomic mass is 9.89. The van der Waals surface area contributed by atoms with E-state index in [2.05, 4.69) is 17.2 Å². The maximum Gasteiger partial charge on any atom is 0.313 e. The topological polar surface area (TPSA) is 115 Å². The Morgan fingerprint density at radius 3 is 2.72 bits per heavy atom. The first-order chi connectivity index (χ1) is 13.9. The third-order valence-electron chi connectivity index (χ3n) is 5.03. The maximum atomic E-state index is 13.0. The maximum absolute atomic E-state index is 13.0. The lowest BCUT2D eigenvalue weighted by Gasteiger charge is -2.38. The quantitative estimate of drug-likeness (QED) is 0.769. The van der Waals surface area contributed by atoms with Gasteiger partial charge in [-0.05, 0) is 42.5 Å². The molecule has 0 saturated carbocycles. The molecule has 1 aliphatic heterocycles. The number of hydrogen-bond donors (Lipinski definition) is 2. The highest BCUT2D eigenvalue weighted by atomic mass is 16.5. The molecule has 1 aliphatic rings. The fraction of sp³-hybridized carbons (Fsp3) is 0.333. The fourth-order valence-corrected chi connectivity index (χ4v) is 3.53. The minimum atomic E-state index is -0.782. The molecule has 152 valence electrons. The number of anilines is 1. The van der Waals surface area contributed by atoms with Crippen LogP contribution in [0.3, 0.4) is 0 Å². The summed E-state index contributed by atoms with van der Waals surface area (Å²) in [5, 5.41) is 2.52. The highest BCUT2D eigenvalue weighted by Gasteiger charge is 2.34. The van der Waals surface area contributed by atoms with Gasteiger partial charge in [0.25, 0.3) is 0 Å². The van der Waals surface area contributed by atoms with E-state index in [1.54, 1.807) is 12.0 Å². The molecule has 1 fully saturated rings. The molecule has 0 radical (unpaired) electrons. The smallest absolute Gasteiger partial charge is 0.313 e. The van der Waals surface area contributed by atoms with Crippen LogP contribution < -0.4 is 15.8 Å². The van der Waals surface area contributed by atoms with Crippen LogP contribution in [-0.2, 0) is 9.59 Å². The number of amides is 3. The van der Waals surface area contributed by atoms with E-state index in [9.17, 15) is 14.4 Å². The molecule has 29 heavy (non-hydrogen) atoms. The Morgan fingerprint density at radius 1 is 1.21 bits per heavy atom. The Morgan fingerprint density at radius 2 is 2.00 bits per heavy atom. The SMILES string of the molecule is COc1cccc([C@@H]2CC[C@@H](C)CN2C(=O)C(=O)Nc2cncc(C(N)=O)c2)c1. The number of nitrogens with one attached hydrogen (secondary N) is 1. The number of pyridine rings is 1. The van der Waals surface area contributed by atoms with Gasteiger partial charge in [0.15, 0.2) is 0 Å². The first kappa shape index (κ1) is 20.3. The highest BCUT2D eigenvalue weighted by Crippen LogP contribution is 2.34. The minimum absolute atomic E-state index is 0.149. The molecule has 1 aromatic carbocycles. The number of rotatable bonds is 4. The number of nitrogens with zero attached hydrogens (tertiary/aromatic N) is 2. The van der Waals surface area contributed by atoms with E-state index in [4.69, 9.17) is 10.5 Å². The van der Waals surface area contributed by atoms with Gasteiger partial charge in [-0.2, -0.15) is 0 Å². The van der Waals surface area contributed by atoms with E-state index in [1.165, 1.54) is 18.5 Å². The second kappa shape index (κ2) is 8.72. The second-order valence-corrected chi connectivity index (χ2v) is 7.21. The van der Waals surface area contributed by atoms with Gasteiger partial charge in [-0.15, -0.1) is 0 Å². The van der Waals surface area contributed by atoms with Crippen LogP contribution in [-0.4, -0.2) is 41.3 Å². The molecule has 2 heterocycles. The lowest BCUT2D eigenvalue weighted by molar-refractivity contribution is -0.146. The standard InChI is InChI=1S/C21H24N4O4/c1-13-6-7-18(14-4-3-5-17(9-14)29-2)25(12-13)21(28)20(27)24-16-8-15(19(22)26)10-23-11-16/h3-5,8-11,13,18H,6-7,12H2,1-2H3,(H2,22,26)(H,24,27)/t13-,18+/m1/s1. The molecule has 0 unspecified atom stereocenters. The van der Waals surface area contributed by atoms with Gasteiger partial charge in [0.05, 0.1) is 30.6 Å². The predicted octanol–water partition coefficient (Wildman–Crippen LogP) is 2.13. The van der Waals surface area contributed by atoms with Crippen molar-refractivity contribution < 1.29 is 19.1 Å². The van der Waals surface area contributed by atoms with Crippen LogP contribution in [0.2, 0.25) is 0 Å². The molecule has 2 atom stereocenters. The summed E-state index contributed by atoms with van der Waals surface area (Å²) in [6.07, 6.45) is 4.37. The first-order valence-electron chi connectivity index (χ1n) is 9.39. The second-order valence-electron chi connectivity index (χ2n) is 7.21. The number of hydrogen-bond acceptors (Lipinski definition) is 5. The predicted molar refractivity (Wildman–Crippen MR) is 107 cm³/mol. The summed E-state index contributed by atoms with van der Waals surface area (Å²) in [6, 6.07) is 8.71. The van der Waals surface area contributed by atoms with Crippen LogP contribution >= 0.6 is 0 Å². The molecule has 0 bridgehead atoms. The van der Waals surface area contributed by atoms with Crippen molar-refractivity contribution in [3.05, 3.63) is 53.9 Å². The zero-order valence-electron chi connectivity index (χ0n) is 16.4. The van der Waals surface area contributed by atoms with Crippen molar-refractivity contribution in [2.24, 2.45) is 11.7 Å². The summed E-state index contributed by atoms with van der Waals surface area (Å²) in [6.45, 7) is 2.54. The molecule has 3 amide bonds. The van der Waals surface area contributed by atoms with Crippen molar-refractivity contribution in [3.63, 3.8) is 0 Å². The highest BCUT2D eigenvalue weighted by molar-refractivity contribution is 6.39. The van der Waals surface area contributed by atoms with Crippen LogP contribution in [0.1, 0.15) is 41.7 Å². The van der Waals surface area contributed by atoms with Gasteiger partial charge in [-0.1, -0.05) is 19.1 Å². The van der Waals surface area contributed by atoms with Crippen molar-refractivity contribution >= 4 is 23.4 Å². The molecule has 3 N–H and O–H groups in total. The van der Waals surface area contributed by atoms with Crippen LogP contribution in [0, 0.1) is 5.92 Å². The Bertz CT molecular complexity index is 930. The van der Waals surface area contributed by atoms with Crippen molar-refractivity contribution in [3.8, 4) is 5.75 Å². The van der Waals surface area contributed by atoms with Crippen molar-refractivity contribution in [2.75, 3.05) is 19.0 Å². The first-order valence-corrected chi connectivity index (χ1v) is 9.39. The molecular formula is C21H24N4O4. The molecule has 0 aliphatic carbocycles.